The van der Waals surface area contributed by atoms with Gasteiger partial charge >= 0.3 is 0 Å². The van der Waals surface area contributed by atoms with E-state index in [4.69, 9.17) is 8.83 Å². The zero-order chi connectivity index (χ0) is 18.1. The predicted molar refractivity (Wildman–Crippen MR) is 94.7 cm³/mol. The van der Waals surface area contributed by atoms with E-state index in [1.807, 2.05) is 6.07 Å². The smallest absolute Gasteiger partial charge is 0.254 e. The Morgan fingerprint density at radius 1 is 1.19 bits per heavy atom. The van der Waals surface area contributed by atoms with Crippen LogP contribution in [-0.2, 0) is 6.54 Å². The fraction of sp³-hybridized carbons (Fsp3) is 0.474. The summed E-state index contributed by atoms with van der Waals surface area (Å²) in [5.74, 6) is 1.98. The second kappa shape index (κ2) is 6.90. The minimum atomic E-state index is -0.127. The number of fused-ring (bicyclic) bond motifs is 1. The van der Waals surface area contributed by atoms with Gasteiger partial charge in [-0.2, -0.15) is 0 Å². The van der Waals surface area contributed by atoms with E-state index in [9.17, 15) is 4.79 Å². The van der Waals surface area contributed by atoms with Crippen molar-refractivity contribution in [2.45, 2.75) is 51.5 Å². The third kappa shape index (κ3) is 3.34. The second-order valence-corrected chi connectivity index (χ2v) is 6.95. The number of benzene rings is 1. The number of nitrogens with zero attached hydrogens (tertiary/aromatic N) is 4. The summed E-state index contributed by atoms with van der Waals surface area (Å²) < 4.78 is 11.3. The molecule has 1 amide bonds. The van der Waals surface area contributed by atoms with Gasteiger partial charge in [-0.3, -0.25) is 4.79 Å². The molecule has 0 saturated heterocycles. The molecule has 0 radical (unpaired) electrons. The summed E-state index contributed by atoms with van der Waals surface area (Å²) in [7, 11) is 1.71. The number of aryl methyl sites for hydroxylation is 1. The minimum absolute atomic E-state index is 0.127. The van der Waals surface area contributed by atoms with Crippen LogP contribution in [0.3, 0.4) is 0 Å². The number of rotatable bonds is 4. The van der Waals surface area contributed by atoms with Gasteiger partial charge in [0.25, 0.3) is 5.91 Å². The van der Waals surface area contributed by atoms with Crippen LogP contribution >= 0.6 is 0 Å². The Kier molecular flexibility index (Phi) is 4.44. The van der Waals surface area contributed by atoms with Gasteiger partial charge in [-0.15, -0.1) is 10.2 Å². The normalized spacial score (nSPS) is 15.5. The largest absolute Gasteiger partial charge is 0.440 e. The van der Waals surface area contributed by atoms with Gasteiger partial charge < -0.3 is 13.7 Å². The lowest BCUT2D eigenvalue weighted by Gasteiger charge is -2.17. The molecule has 7 nitrogen and oxygen atoms in total. The molecule has 26 heavy (non-hydrogen) atoms. The lowest BCUT2D eigenvalue weighted by Crippen LogP contribution is -2.26. The minimum Gasteiger partial charge on any atom is -0.440 e. The third-order valence-corrected chi connectivity index (χ3v) is 4.89. The van der Waals surface area contributed by atoms with Gasteiger partial charge in [-0.1, -0.05) is 19.3 Å². The first-order chi connectivity index (χ1) is 12.6. The Balaban J connectivity index is 1.53. The van der Waals surface area contributed by atoms with E-state index in [0.29, 0.717) is 28.8 Å². The van der Waals surface area contributed by atoms with Gasteiger partial charge in [0.05, 0.1) is 6.54 Å². The molecule has 1 saturated carbocycles. The maximum absolute atomic E-state index is 12.7. The number of amides is 1. The van der Waals surface area contributed by atoms with E-state index in [1.54, 1.807) is 31.0 Å². The first kappa shape index (κ1) is 16.8. The van der Waals surface area contributed by atoms with E-state index in [-0.39, 0.29) is 12.5 Å². The molecule has 2 heterocycles. The second-order valence-electron chi connectivity index (χ2n) is 6.95. The van der Waals surface area contributed by atoms with Crippen molar-refractivity contribution >= 4 is 17.0 Å². The summed E-state index contributed by atoms with van der Waals surface area (Å²) in [5, 5.41) is 7.71. The van der Waals surface area contributed by atoms with Crippen molar-refractivity contribution in [2.75, 3.05) is 7.05 Å². The molecular weight excluding hydrogens is 332 g/mol. The predicted octanol–water partition coefficient (Wildman–Crippen LogP) is 3.84. The molecule has 0 bridgehead atoms. The number of carbonyl (C=O) groups excluding carboxylic acids is 1. The van der Waals surface area contributed by atoms with Crippen molar-refractivity contribution in [1.82, 2.24) is 20.1 Å². The highest BCUT2D eigenvalue weighted by atomic mass is 16.4. The quantitative estimate of drug-likeness (QED) is 0.707. The van der Waals surface area contributed by atoms with E-state index < -0.39 is 0 Å². The van der Waals surface area contributed by atoms with Crippen molar-refractivity contribution in [1.29, 1.82) is 0 Å². The molecule has 1 fully saturated rings. The molecule has 0 unspecified atom stereocenters. The van der Waals surface area contributed by atoms with Crippen molar-refractivity contribution in [3.63, 3.8) is 0 Å². The molecule has 0 aliphatic heterocycles. The van der Waals surface area contributed by atoms with Crippen LogP contribution in [0.5, 0.6) is 0 Å². The SMILES string of the molecule is Cc1nnc(CN(C)C(=O)c2ccc3nc(C4CCCCC4)oc3c2)o1. The lowest BCUT2D eigenvalue weighted by molar-refractivity contribution is 0.0772. The molecular formula is C19H22N4O3. The fourth-order valence-corrected chi connectivity index (χ4v) is 3.50. The van der Waals surface area contributed by atoms with Crippen molar-refractivity contribution in [2.24, 2.45) is 0 Å². The number of hydrogen-bond acceptors (Lipinski definition) is 6. The van der Waals surface area contributed by atoms with E-state index in [2.05, 4.69) is 15.2 Å². The summed E-state index contributed by atoms with van der Waals surface area (Å²) >= 11 is 0. The van der Waals surface area contributed by atoms with Crippen LogP contribution in [0.2, 0.25) is 0 Å². The van der Waals surface area contributed by atoms with E-state index >= 15 is 0 Å². The van der Waals surface area contributed by atoms with E-state index in [0.717, 1.165) is 24.2 Å². The molecule has 136 valence electrons. The maximum atomic E-state index is 12.7. The van der Waals surface area contributed by atoms with Crippen LogP contribution in [0.4, 0.5) is 0 Å². The van der Waals surface area contributed by atoms with Crippen LogP contribution < -0.4 is 0 Å². The standard InChI is InChI=1S/C19H22N4O3/c1-12-21-22-17(25-12)11-23(2)19(24)14-8-9-15-16(10-14)26-18(20-15)13-6-4-3-5-7-13/h8-10,13H,3-7,11H2,1-2H3. The number of carbonyl (C=O) groups is 1. The Bertz CT molecular complexity index is 924. The van der Waals surface area contributed by atoms with Gasteiger partial charge in [-0.25, -0.2) is 4.98 Å². The molecule has 0 atom stereocenters. The summed E-state index contributed by atoms with van der Waals surface area (Å²) in [4.78, 5) is 18.9. The molecule has 2 aromatic heterocycles. The summed E-state index contributed by atoms with van der Waals surface area (Å²) in [6.07, 6.45) is 6.01. The average Bonchev–Trinajstić information content (AvgIpc) is 3.27. The van der Waals surface area contributed by atoms with Crippen molar-refractivity contribution < 1.29 is 13.6 Å². The Morgan fingerprint density at radius 2 is 2.00 bits per heavy atom. The summed E-state index contributed by atoms with van der Waals surface area (Å²) in [5.41, 5.74) is 2.03. The zero-order valence-electron chi connectivity index (χ0n) is 15.1. The molecule has 0 N–H and O–H groups in total. The number of aromatic nitrogens is 3. The molecule has 3 aromatic rings. The average molecular weight is 354 g/mol. The highest BCUT2D eigenvalue weighted by molar-refractivity contribution is 5.96. The molecule has 7 heteroatoms. The van der Waals surface area contributed by atoms with Gasteiger partial charge in [0, 0.05) is 25.5 Å². The topological polar surface area (TPSA) is 85.3 Å². The first-order valence-corrected chi connectivity index (χ1v) is 9.05. The third-order valence-electron chi connectivity index (χ3n) is 4.89. The highest BCUT2D eigenvalue weighted by Gasteiger charge is 2.22. The highest BCUT2D eigenvalue weighted by Crippen LogP contribution is 2.33. The van der Waals surface area contributed by atoms with Gasteiger partial charge in [0.15, 0.2) is 11.5 Å². The molecule has 1 aliphatic rings. The molecule has 1 aliphatic carbocycles. The van der Waals surface area contributed by atoms with Crippen LogP contribution in [0.1, 0.15) is 66.1 Å². The van der Waals surface area contributed by atoms with Gasteiger partial charge in [-0.05, 0) is 31.0 Å². The van der Waals surface area contributed by atoms with Gasteiger partial charge in [0.2, 0.25) is 11.8 Å². The zero-order valence-corrected chi connectivity index (χ0v) is 15.1. The molecule has 0 spiro atoms. The number of hydrogen-bond donors (Lipinski definition) is 0. The Hall–Kier alpha value is -2.70. The summed E-state index contributed by atoms with van der Waals surface area (Å²) in [6, 6.07) is 5.41. The van der Waals surface area contributed by atoms with Crippen LogP contribution in [0.25, 0.3) is 11.1 Å². The Morgan fingerprint density at radius 3 is 2.73 bits per heavy atom. The van der Waals surface area contributed by atoms with Crippen molar-refractivity contribution in [3.05, 3.63) is 41.4 Å². The first-order valence-electron chi connectivity index (χ1n) is 9.05. The van der Waals surface area contributed by atoms with E-state index in [1.165, 1.54) is 19.3 Å². The van der Waals surface area contributed by atoms with Crippen LogP contribution in [0, 0.1) is 6.92 Å². The number of oxazole rings is 1. The van der Waals surface area contributed by atoms with Crippen LogP contribution in [0.15, 0.2) is 27.0 Å². The van der Waals surface area contributed by atoms with Crippen molar-refractivity contribution in [3.8, 4) is 0 Å². The monoisotopic (exact) mass is 354 g/mol. The lowest BCUT2D eigenvalue weighted by atomic mass is 9.89. The molecule has 4 rings (SSSR count). The fourth-order valence-electron chi connectivity index (χ4n) is 3.50. The summed E-state index contributed by atoms with van der Waals surface area (Å²) in [6.45, 7) is 1.99. The van der Waals surface area contributed by atoms with Gasteiger partial charge in [0.1, 0.15) is 5.52 Å². The molecule has 1 aromatic carbocycles. The van der Waals surface area contributed by atoms with Crippen LogP contribution in [-0.4, -0.2) is 33.0 Å². The maximum Gasteiger partial charge on any atom is 0.254 e. The Labute approximate surface area is 151 Å².